The zero-order valence-electron chi connectivity index (χ0n) is 12.9. The second-order valence-electron chi connectivity index (χ2n) is 6.47. The summed E-state index contributed by atoms with van der Waals surface area (Å²) in [6.45, 7) is 0. The third-order valence-corrected chi connectivity index (χ3v) is 5.75. The fourth-order valence-corrected chi connectivity index (χ4v) is 4.19. The topological polar surface area (TPSA) is 21.7 Å². The van der Waals surface area contributed by atoms with Crippen molar-refractivity contribution in [1.29, 1.82) is 0 Å². The fourth-order valence-electron chi connectivity index (χ4n) is 3.75. The summed E-state index contributed by atoms with van der Waals surface area (Å²) >= 11 is 12.6. The number of hydrogen-bond donors (Lipinski definition) is 0. The predicted octanol–water partition coefficient (Wildman–Crippen LogP) is 5.56. The number of hydrogen-bond acceptors (Lipinski definition) is 1. The van der Waals surface area contributed by atoms with Crippen molar-refractivity contribution in [1.82, 2.24) is 13.8 Å². The van der Waals surface area contributed by atoms with Gasteiger partial charge in [0.2, 0.25) is 0 Å². The second-order valence-corrected chi connectivity index (χ2v) is 7.28. The summed E-state index contributed by atoms with van der Waals surface area (Å²) in [7, 11) is 0. The SMILES string of the molecule is Clc1cccn2cc(C3CCC3c3cn4cccc(Cl)c4n3)cc12. The summed E-state index contributed by atoms with van der Waals surface area (Å²) in [6, 6.07) is 9.95. The first-order valence-corrected chi connectivity index (χ1v) is 8.85. The molecule has 2 atom stereocenters. The van der Waals surface area contributed by atoms with Crippen LogP contribution in [0.5, 0.6) is 0 Å². The number of nitrogens with zero attached hydrogens (tertiary/aromatic N) is 3. The van der Waals surface area contributed by atoms with Crippen molar-refractivity contribution < 1.29 is 0 Å². The van der Waals surface area contributed by atoms with Crippen LogP contribution in [0.15, 0.2) is 55.1 Å². The molecule has 0 bridgehead atoms. The Hall–Kier alpha value is -1.97. The van der Waals surface area contributed by atoms with Gasteiger partial charge < -0.3 is 8.80 Å². The molecular weight excluding hydrogens is 341 g/mol. The van der Waals surface area contributed by atoms with Crippen LogP contribution in [-0.4, -0.2) is 13.8 Å². The Labute approximate surface area is 149 Å². The maximum Gasteiger partial charge on any atom is 0.155 e. The van der Waals surface area contributed by atoms with E-state index in [0.717, 1.165) is 28.3 Å². The smallest absolute Gasteiger partial charge is 0.155 e. The maximum atomic E-state index is 6.31. The molecule has 1 aliphatic rings. The van der Waals surface area contributed by atoms with Crippen molar-refractivity contribution >= 4 is 34.4 Å². The van der Waals surface area contributed by atoms with E-state index < -0.39 is 0 Å². The van der Waals surface area contributed by atoms with Gasteiger partial charge >= 0.3 is 0 Å². The summed E-state index contributed by atoms with van der Waals surface area (Å²) in [5, 5.41) is 1.49. The van der Waals surface area contributed by atoms with Gasteiger partial charge in [0.25, 0.3) is 0 Å². The van der Waals surface area contributed by atoms with Crippen molar-refractivity contribution in [3.63, 3.8) is 0 Å². The molecule has 1 aliphatic carbocycles. The molecule has 5 heteroatoms. The van der Waals surface area contributed by atoms with E-state index in [2.05, 4.69) is 22.9 Å². The van der Waals surface area contributed by atoms with Crippen LogP contribution in [-0.2, 0) is 0 Å². The lowest BCUT2D eigenvalue weighted by molar-refractivity contribution is 0.341. The predicted molar refractivity (Wildman–Crippen MR) is 97.3 cm³/mol. The van der Waals surface area contributed by atoms with Crippen LogP contribution in [0, 0.1) is 0 Å². The minimum Gasteiger partial charge on any atom is -0.322 e. The maximum absolute atomic E-state index is 6.31. The van der Waals surface area contributed by atoms with Crippen LogP contribution < -0.4 is 0 Å². The molecule has 5 rings (SSSR count). The third kappa shape index (κ3) is 2.08. The Bertz CT molecular complexity index is 977. The molecular formula is C19H15Cl2N3. The van der Waals surface area contributed by atoms with Gasteiger partial charge in [-0.05, 0) is 54.7 Å². The molecule has 1 fully saturated rings. The molecule has 0 saturated heterocycles. The Morgan fingerprint density at radius 2 is 1.67 bits per heavy atom. The van der Waals surface area contributed by atoms with Crippen LogP contribution in [0.4, 0.5) is 0 Å². The summed E-state index contributed by atoms with van der Waals surface area (Å²) in [6.07, 6.45) is 10.7. The molecule has 2 unspecified atom stereocenters. The first-order valence-electron chi connectivity index (χ1n) is 8.10. The molecule has 0 aromatic carbocycles. The molecule has 4 heterocycles. The van der Waals surface area contributed by atoms with E-state index >= 15 is 0 Å². The average Bonchev–Trinajstić information content (AvgIpc) is 3.12. The van der Waals surface area contributed by atoms with E-state index in [1.54, 1.807) is 0 Å². The van der Waals surface area contributed by atoms with Gasteiger partial charge in [-0.15, -0.1) is 0 Å². The minimum atomic E-state index is 0.442. The molecule has 4 aromatic rings. The molecule has 0 amide bonds. The number of aromatic nitrogens is 3. The number of pyridine rings is 2. The van der Waals surface area contributed by atoms with E-state index in [4.69, 9.17) is 28.2 Å². The van der Waals surface area contributed by atoms with Crippen molar-refractivity contribution in [2.75, 3.05) is 0 Å². The van der Waals surface area contributed by atoms with E-state index in [-0.39, 0.29) is 0 Å². The van der Waals surface area contributed by atoms with Gasteiger partial charge in [-0.3, -0.25) is 0 Å². The second kappa shape index (κ2) is 5.27. The normalized spacial score (nSPS) is 20.6. The highest BCUT2D eigenvalue weighted by Crippen LogP contribution is 2.49. The van der Waals surface area contributed by atoms with Gasteiger partial charge in [0, 0.05) is 30.7 Å². The number of imidazole rings is 1. The van der Waals surface area contributed by atoms with Crippen LogP contribution in [0.1, 0.15) is 35.9 Å². The third-order valence-electron chi connectivity index (χ3n) is 5.14. The summed E-state index contributed by atoms with van der Waals surface area (Å²) in [4.78, 5) is 4.78. The molecule has 120 valence electrons. The van der Waals surface area contributed by atoms with Crippen molar-refractivity contribution in [3.8, 4) is 0 Å². The summed E-state index contributed by atoms with van der Waals surface area (Å²) < 4.78 is 4.12. The van der Waals surface area contributed by atoms with E-state index in [1.807, 2.05) is 41.1 Å². The largest absolute Gasteiger partial charge is 0.322 e. The Kier molecular flexibility index (Phi) is 3.15. The quantitative estimate of drug-likeness (QED) is 0.461. The lowest BCUT2D eigenvalue weighted by atomic mass is 9.69. The highest BCUT2D eigenvalue weighted by molar-refractivity contribution is 6.34. The van der Waals surface area contributed by atoms with Gasteiger partial charge in [-0.1, -0.05) is 23.2 Å². The fraction of sp³-hybridized carbons (Fsp3) is 0.211. The zero-order chi connectivity index (χ0) is 16.3. The van der Waals surface area contributed by atoms with E-state index in [0.29, 0.717) is 16.9 Å². The standard InChI is InChI=1S/C19H15Cl2N3/c20-15-3-1-7-23-10-12(9-18(15)23)13-5-6-14(13)17-11-24-8-2-4-16(21)19(24)22-17/h1-4,7-11,13-14H,5-6H2. The average molecular weight is 356 g/mol. The monoisotopic (exact) mass is 355 g/mol. The first-order chi connectivity index (χ1) is 11.7. The van der Waals surface area contributed by atoms with E-state index in [1.165, 1.54) is 12.0 Å². The Morgan fingerprint density at radius 3 is 2.38 bits per heavy atom. The minimum absolute atomic E-state index is 0.442. The lowest BCUT2D eigenvalue weighted by Crippen LogP contribution is -2.21. The van der Waals surface area contributed by atoms with Crippen LogP contribution in [0.2, 0.25) is 10.0 Å². The summed E-state index contributed by atoms with van der Waals surface area (Å²) in [5.74, 6) is 0.932. The van der Waals surface area contributed by atoms with Crippen LogP contribution in [0.25, 0.3) is 11.2 Å². The molecule has 24 heavy (non-hydrogen) atoms. The molecule has 0 spiro atoms. The molecule has 0 radical (unpaired) electrons. The highest BCUT2D eigenvalue weighted by atomic mass is 35.5. The van der Waals surface area contributed by atoms with Gasteiger partial charge in [0.1, 0.15) is 0 Å². The van der Waals surface area contributed by atoms with Gasteiger partial charge in [-0.2, -0.15) is 0 Å². The molecule has 3 nitrogen and oxygen atoms in total. The van der Waals surface area contributed by atoms with Crippen molar-refractivity contribution in [3.05, 3.63) is 76.4 Å². The Balaban J connectivity index is 1.54. The zero-order valence-corrected chi connectivity index (χ0v) is 14.4. The first kappa shape index (κ1) is 14.4. The molecule has 4 aromatic heterocycles. The lowest BCUT2D eigenvalue weighted by Gasteiger charge is -2.35. The van der Waals surface area contributed by atoms with Gasteiger partial charge in [0.15, 0.2) is 5.65 Å². The van der Waals surface area contributed by atoms with Gasteiger partial charge in [0.05, 0.1) is 21.3 Å². The van der Waals surface area contributed by atoms with Crippen molar-refractivity contribution in [2.45, 2.75) is 24.7 Å². The molecule has 0 N–H and O–H groups in total. The van der Waals surface area contributed by atoms with Crippen LogP contribution in [0.3, 0.4) is 0 Å². The highest BCUT2D eigenvalue weighted by Gasteiger charge is 2.35. The molecule has 1 saturated carbocycles. The van der Waals surface area contributed by atoms with E-state index in [9.17, 15) is 0 Å². The van der Waals surface area contributed by atoms with Gasteiger partial charge in [-0.25, -0.2) is 4.98 Å². The van der Waals surface area contributed by atoms with Crippen LogP contribution >= 0.6 is 23.2 Å². The Morgan fingerprint density at radius 1 is 0.917 bits per heavy atom. The number of fused-ring (bicyclic) bond motifs is 2. The van der Waals surface area contributed by atoms with Crippen molar-refractivity contribution in [2.24, 2.45) is 0 Å². The number of halogens is 2. The number of rotatable bonds is 2. The molecule has 0 aliphatic heterocycles. The summed E-state index contributed by atoms with van der Waals surface area (Å²) in [5.41, 5.74) is 4.37.